The summed E-state index contributed by atoms with van der Waals surface area (Å²) in [6.07, 6.45) is 9.38. The molecule has 2 aromatic rings. The van der Waals surface area contributed by atoms with E-state index in [4.69, 9.17) is 4.74 Å². The molecular weight excluding hydrogens is 336 g/mol. The number of rotatable bonds is 4. The largest absolute Gasteiger partial charge is 0.373 e. The number of amides is 1. The van der Waals surface area contributed by atoms with E-state index < -0.39 is 0 Å². The monoisotopic (exact) mass is 358 g/mol. The number of hydrogen-bond acceptors (Lipinski definition) is 6. The Labute approximate surface area is 151 Å². The SMILES string of the molecule is O=C(NC1CCN(c2cnccn2)CC1)c1ccc([C@H]2CCCO2)s1. The molecule has 0 radical (unpaired) electrons. The number of hydrogen-bond donors (Lipinski definition) is 1. The molecular formula is C18H22N4O2S. The third kappa shape index (κ3) is 3.82. The fourth-order valence-corrected chi connectivity index (χ4v) is 4.41. The second-order valence-electron chi connectivity index (χ2n) is 6.50. The molecule has 2 fully saturated rings. The van der Waals surface area contributed by atoms with Gasteiger partial charge in [0.15, 0.2) is 0 Å². The van der Waals surface area contributed by atoms with E-state index in [9.17, 15) is 4.79 Å². The molecule has 0 aliphatic carbocycles. The predicted octanol–water partition coefficient (Wildman–Crippen LogP) is 2.79. The molecule has 2 aliphatic rings. The maximum absolute atomic E-state index is 12.5. The van der Waals surface area contributed by atoms with E-state index in [-0.39, 0.29) is 18.1 Å². The first-order valence-corrected chi connectivity index (χ1v) is 9.64. The van der Waals surface area contributed by atoms with Crippen LogP contribution in [0.1, 0.15) is 46.3 Å². The lowest BCUT2D eigenvalue weighted by molar-refractivity contribution is 0.0935. The van der Waals surface area contributed by atoms with Crippen molar-refractivity contribution in [3.05, 3.63) is 40.5 Å². The molecule has 132 valence electrons. The van der Waals surface area contributed by atoms with Crippen molar-refractivity contribution in [2.24, 2.45) is 0 Å². The van der Waals surface area contributed by atoms with Crippen LogP contribution in [0.3, 0.4) is 0 Å². The summed E-state index contributed by atoms with van der Waals surface area (Å²) in [5.74, 6) is 0.943. The summed E-state index contributed by atoms with van der Waals surface area (Å²) in [6.45, 7) is 2.60. The van der Waals surface area contributed by atoms with E-state index in [0.717, 1.165) is 56.1 Å². The van der Waals surface area contributed by atoms with Gasteiger partial charge in [-0.05, 0) is 37.8 Å². The van der Waals surface area contributed by atoms with Gasteiger partial charge in [0.1, 0.15) is 5.82 Å². The first kappa shape index (κ1) is 16.5. The number of thiophene rings is 1. The van der Waals surface area contributed by atoms with Gasteiger partial charge in [-0.1, -0.05) is 0 Å². The number of nitrogens with zero attached hydrogens (tertiary/aromatic N) is 3. The summed E-state index contributed by atoms with van der Waals surface area (Å²) >= 11 is 1.56. The number of carbonyl (C=O) groups excluding carboxylic acids is 1. The highest BCUT2D eigenvalue weighted by Gasteiger charge is 2.24. The zero-order valence-corrected chi connectivity index (χ0v) is 14.9. The molecule has 0 unspecified atom stereocenters. The quantitative estimate of drug-likeness (QED) is 0.910. The Morgan fingerprint density at radius 3 is 2.84 bits per heavy atom. The molecule has 2 aromatic heterocycles. The van der Waals surface area contributed by atoms with E-state index in [1.54, 1.807) is 29.9 Å². The standard InChI is InChI=1S/C18H22N4O2S/c23-18(16-4-3-15(25-16)14-2-1-11-24-14)21-13-5-9-22(10-6-13)17-12-19-7-8-20-17/h3-4,7-8,12-14H,1-2,5-6,9-11H2,(H,21,23)/t14-/m1/s1. The average molecular weight is 358 g/mol. The van der Waals surface area contributed by atoms with Crippen molar-refractivity contribution < 1.29 is 9.53 Å². The summed E-state index contributed by atoms with van der Waals surface area (Å²) in [5, 5.41) is 3.18. The Kier molecular flexibility index (Phi) is 4.94. The van der Waals surface area contributed by atoms with E-state index in [0.29, 0.717) is 0 Å². The van der Waals surface area contributed by atoms with E-state index >= 15 is 0 Å². The van der Waals surface area contributed by atoms with Crippen LogP contribution in [0.2, 0.25) is 0 Å². The molecule has 2 aliphatic heterocycles. The van der Waals surface area contributed by atoms with Crippen molar-refractivity contribution in [1.29, 1.82) is 0 Å². The van der Waals surface area contributed by atoms with Crippen molar-refractivity contribution >= 4 is 23.1 Å². The maximum atomic E-state index is 12.5. The van der Waals surface area contributed by atoms with Crippen molar-refractivity contribution in [2.45, 2.75) is 37.8 Å². The predicted molar refractivity (Wildman–Crippen MR) is 97.0 cm³/mol. The van der Waals surface area contributed by atoms with E-state index in [2.05, 4.69) is 20.2 Å². The first-order chi connectivity index (χ1) is 12.3. The molecule has 7 heteroatoms. The van der Waals surface area contributed by atoms with Gasteiger partial charge in [0, 0.05) is 43.0 Å². The lowest BCUT2D eigenvalue weighted by Gasteiger charge is -2.32. The zero-order chi connectivity index (χ0) is 17.1. The van der Waals surface area contributed by atoms with E-state index in [1.807, 2.05) is 12.1 Å². The van der Waals surface area contributed by atoms with Gasteiger partial charge in [-0.15, -0.1) is 11.3 Å². The van der Waals surface area contributed by atoms with Crippen LogP contribution < -0.4 is 10.2 Å². The molecule has 6 nitrogen and oxygen atoms in total. The van der Waals surface area contributed by atoms with E-state index in [1.165, 1.54) is 4.88 Å². The molecule has 0 saturated carbocycles. The molecule has 2 saturated heterocycles. The minimum Gasteiger partial charge on any atom is -0.373 e. The van der Waals surface area contributed by atoms with Crippen LogP contribution >= 0.6 is 11.3 Å². The highest BCUT2D eigenvalue weighted by atomic mass is 32.1. The van der Waals surface area contributed by atoms with Crippen molar-refractivity contribution in [3.63, 3.8) is 0 Å². The summed E-state index contributed by atoms with van der Waals surface area (Å²) in [6, 6.07) is 4.17. The third-order valence-electron chi connectivity index (χ3n) is 4.80. The number of piperidine rings is 1. The number of nitrogens with one attached hydrogen (secondary N) is 1. The van der Waals surface area contributed by atoms with Crippen molar-refractivity contribution in [3.8, 4) is 0 Å². The van der Waals surface area contributed by atoms with Crippen LogP contribution in [-0.2, 0) is 4.74 Å². The Morgan fingerprint density at radius 1 is 1.24 bits per heavy atom. The Balaban J connectivity index is 1.30. The molecule has 4 heterocycles. The fraction of sp³-hybridized carbons (Fsp3) is 0.500. The van der Waals surface area contributed by atoms with Gasteiger partial charge < -0.3 is 15.0 Å². The van der Waals surface area contributed by atoms with Crippen molar-refractivity contribution in [2.75, 3.05) is 24.6 Å². The summed E-state index contributed by atoms with van der Waals surface area (Å²) < 4.78 is 5.70. The summed E-state index contributed by atoms with van der Waals surface area (Å²) in [5.41, 5.74) is 0. The molecule has 0 aromatic carbocycles. The van der Waals surface area contributed by atoms with Gasteiger partial charge in [-0.2, -0.15) is 0 Å². The van der Waals surface area contributed by atoms with Gasteiger partial charge in [0.25, 0.3) is 5.91 Å². The number of aromatic nitrogens is 2. The smallest absolute Gasteiger partial charge is 0.261 e. The molecule has 0 spiro atoms. The second kappa shape index (κ2) is 7.49. The topological polar surface area (TPSA) is 67.4 Å². The van der Waals surface area contributed by atoms with Crippen LogP contribution in [0, 0.1) is 0 Å². The number of anilines is 1. The average Bonchev–Trinajstić information content (AvgIpc) is 3.35. The van der Waals surface area contributed by atoms with Gasteiger partial charge in [0.05, 0.1) is 17.2 Å². The molecule has 0 bridgehead atoms. The Morgan fingerprint density at radius 2 is 2.12 bits per heavy atom. The molecule has 25 heavy (non-hydrogen) atoms. The number of ether oxygens (including phenoxy) is 1. The molecule has 1 N–H and O–H groups in total. The highest BCUT2D eigenvalue weighted by molar-refractivity contribution is 7.14. The minimum absolute atomic E-state index is 0.0344. The van der Waals surface area contributed by atoms with Crippen molar-refractivity contribution in [1.82, 2.24) is 15.3 Å². The van der Waals surface area contributed by atoms with Gasteiger partial charge >= 0.3 is 0 Å². The summed E-state index contributed by atoms with van der Waals surface area (Å²) in [7, 11) is 0. The summed E-state index contributed by atoms with van der Waals surface area (Å²) in [4.78, 5) is 25.1. The van der Waals surface area contributed by atoms with Crippen LogP contribution in [0.5, 0.6) is 0 Å². The number of carbonyl (C=O) groups is 1. The van der Waals surface area contributed by atoms with Gasteiger partial charge in [-0.25, -0.2) is 4.98 Å². The normalized spacial score (nSPS) is 21.4. The van der Waals surface area contributed by atoms with Crippen LogP contribution in [0.4, 0.5) is 5.82 Å². The molecule has 4 rings (SSSR count). The van der Waals surface area contributed by atoms with Crippen LogP contribution in [0.25, 0.3) is 0 Å². The fourth-order valence-electron chi connectivity index (χ4n) is 3.41. The minimum atomic E-state index is 0.0344. The van der Waals surface area contributed by atoms with Crippen LogP contribution in [-0.4, -0.2) is 41.6 Å². The van der Waals surface area contributed by atoms with Gasteiger partial charge in [0.2, 0.25) is 0 Å². The lowest BCUT2D eigenvalue weighted by Crippen LogP contribution is -2.44. The Hall–Kier alpha value is -1.99. The third-order valence-corrected chi connectivity index (χ3v) is 5.98. The van der Waals surface area contributed by atoms with Gasteiger partial charge in [-0.3, -0.25) is 9.78 Å². The molecule has 1 amide bonds. The maximum Gasteiger partial charge on any atom is 0.261 e. The first-order valence-electron chi connectivity index (χ1n) is 8.83. The van der Waals surface area contributed by atoms with Crippen LogP contribution in [0.15, 0.2) is 30.7 Å². The zero-order valence-electron chi connectivity index (χ0n) is 14.1. The Bertz CT molecular complexity index is 707. The second-order valence-corrected chi connectivity index (χ2v) is 7.62. The molecule has 1 atom stereocenters. The highest BCUT2D eigenvalue weighted by Crippen LogP contribution is 2.33. The lowest BCUT2D eigenvalue weighted by atomic mass is 10.1.